The lowest BCUT2D eigenvalue weighted by molar-refractivity contribution is -0.142. The molecule has 0 saturated heterocycles. The van der Waals surface area contributed by atoms with Crippen molar-refractivity contribution >= 4 is 10.8 Å². The number of alkyl halides is 3. The Kier molecular flexibility index (Phi) is 8.46. The number of fused-ring (bicyclic) bond motifs is 1. The normalized spacial score (nSPS) is 11.4. The summed E-state index contributed by atoms with van der Waals surface area (Å²) in [6, 6.07) is 18.2. The van der Waals surface area contributed by atoms with E-state index >= 15 is 4.39 Å². The SMILES string of the molecule is CCCCCc1ccc(CCc2ccc3c(F)c(C#Cc4cc(F)c(C(F)(F)F)c(F)c4)ccc3c2)cc1. The van der Waals surface area contributed by atoms with Gasteiger partial charge >= 0.3 is 6.18 Å². The van der Waals surface area contributed by atoms with Crippen LogP contribution in [0.2, 0.25) is 0 Å². The van der Waals surface area contributed by atoms with Crippen molar-refractivity contribution in [2.24, 2.45) is 0 Å². The van der Waals surface area contributed by atoms with Crippen LogP contribution in [0.1, 0.15) is 59.6 Å². The zero-order chi connectivity index (χ0) is 27.3. The van der Waals surface area contributed by atoms with Crippen molar-refractivity contribution in [1.82, 2.24) is 0 Å². The highest BCUT2D eigenvalue weighted by atomic mass is 19.4. The van der Waals surface area contributed by atoms with Crippen molar-refractivity contribution < 1.29 is 26.3 Å². The van der Waals surface area contributed by atoms with E-state index in [-0.39, 0.29) is 11.1 Å². The van der Waals surface area contributed by atoms with Crippen LogP contribution in [0.4, 0.5) is 26.3 Å². The largest absolute Gasteiger partial charge is 0.422 e. The molecule has 0 aliphatic carbocycles. The quantitative estimate of drug-likeness (QED) is 0.128. The molecule has 4 aromatic rings. The summed E-state index contributed by atoms with van der Waals surface area (Å²) in [5.41, 5.74) is 1.31. The summed E-state index contributed by atoms with van der Waals surface area (Å²) >= 11 is 0. The molecule has 0 heterocycles. The molecule has 0 atom stereocenters. The maximum absolute atomic E-state index is 15.1. The van der Waals surface area contributed by atoms with Gasteiger partial charge in [-0.25, -0.2) is 13.2 Å². The number of rotatable bonds is 7. The summed E-state index contributed by atoms with van der Waals surface area (Å²) in [5.74, 6) is 0.695. The van der Waals surface area contributed by atoms with Crippen molar-refractivity contribution in [2.75, 3.05) is 0 Å². The Labute approximate surface area is 218 Å². The van der Waals surface area contributed by atoms with Crippen molar-refractivity contribution in [3.8, 4) is 11.8 Å². The van der Waals surface area contributed by atoms with Crippen LogP contribution in [-0.4, -0.2) is 0 Å². The van der Waals surface area contributed by atoms with Crippen LogP contribution in [-0.2, 0) is 25.4 Å². The molecule has 6 heteroatoms. The maximum atomic E-state index is 15.1. The Morgan fingerprint density at radius 3 is 1.89 bits per heavy atom. The Morgan fingerprint density at radius 1 is 0.658 bits per heavy atom. The van der Waals surface area contributed by atoms with Gasteiger partial charge < -0.3 is 0 Å². The van der Waals surface area contributed by atoms with E-state index in [0.717, 1.165) is 24.8 Å². The summed E-state index contributed by atoms with van der Waals surface area (Å²) < 4.78 is 80.9. The molecule has 4 aromatic carbocycles. The van der Waals surface area contributed by atoms with E-state index in [1.165, 1.54) is 36.5 Å². The molecule has 196 valence electrons. The molecule has 0 amide bonds. The van der Waals surface area contributed by atoms with E-state index in [9.17, 15) is 22.0 Å². The Hall–Kier alpha value is -3.72. The minimum atomic E-state index is -5.16. The van der Waals surface area contributed by atoms with E-state index in [4.69, 9.17) is 0 Å². The number of benzene rings is 4. The van der Waals surface area contributed by atoms with Gasteiger partial charge in [0.25, 0.3) is 0 Å². The fourth-order valence-electron chi connectivity index (χ4n) is 4.39. The minimum Gasteiger partial charge on any atom is -0.206 e. The van der Waals surface area contributed by atoms with Crippen LogP contribution < -0.4 is 0 Å². The van der Waals surface area contributed by atoms with Gasteiger partial charge in [0.15, 0.2) is 0 Å². The third kappa shape index (κ3) is 6.58. The third-order valence-corrected chi connectivity index (χ3v) is 6.48. The fourth-order valence-corrected chi connectivity index (χ4v) is 4.39. The van der Waals surface area contributed by atoms with Gasteiger partial charge in [-0.1, -0.05) is 80.1 Å². The molecule has 0 nitrogen and oxygen atoms in total. The lowest BCUT2D eigenvalue weighted by atomic mass is 9.98. The highest BCUT2D eigenvalue weighted by molar-refractivity contribution is 5.85. The second-order valence-corrected chi connectivity index (χ2v) is 9.32. The monoisotopic (exact) mass is 524 g/mol. The minimum absolute atomic E-state index is 0.0232. The van der Waals surface area contributed by atoms with Gasteiger partial charge in [0.2, 0.25) is 0 Å². The van der Waals surface area contributed by atoms with E-state index in [1.807, 2.05) is 12.1 Å². The highest BCUT2D eigenvalue weighted by Crippen LogP contribution is 2.34. The maximum Gasteiger partial charge on any atom is 0.422 e. The molecule has 0 spiro atoms. The molecule has 0 fully saturated rings. The first kappa shape index (κ1) is 27.3. The summed E-state index contributed by atoms with van der Waals surface area (Å²) in [5, 5.41) is 1.02. The molecule has 38 heavy (non-hydrogen) atoms. The van der Waals surface area contributed by atoms with Crippen LogP contribution in [0.15, 0.2) is 66.7 Å². The first-order chi connectivity index (χ1) is 18.2. The van der Waals surface area contributed by atoms with E-state index < -0.39 is 29.2 Å². The molecule has 0 aromatic heterocycles. The van der Waals surface area contributed by atoms with Gasteiger partial charge in [0, 0.05) is 10.9 Å². The summed E-state index contributed by atoms with van der Waals surface area (Å²) in [6.07, 6.45) is 1.21. The molecule has 0 N–H and O–H groups in total. The molecular formula is C32H26F6. The molecule has 0 aliphatic heterocycles. The van der Waals surface area contributed by atoms with Crippen LogP contribution in [0.5, 0.6) is 0 Å². The zero-order valence-corrected chi connectivity index (χ0v) is 20.9. The summed E-state index contributed by atoms with van der Waals surface area (Å²) in [4.78, 5) is 0. The second kappa shape index (κ2) is 11.8. The van der Waals surface area contributed by atoms with Gasteiger partial charge in [-0.3, -0.25) is 0 Å². The first-order valence-electron chi connectivity index (χ1n) is 12.5. The molecular weight excluding hydrogens is 498 g/mol. The van der Waals surface area contributed by atoms with Crippen molar-refractivity contribution in [3.63, 3.8) is 0 Å². The first-order valence-corrected chi connectivity index (χ1v) is 12.5. The second-order valence-electron chi connectivity index (χ2n) is 9.32. The van der Waals surface area contributed by atoms with Crippen LogP contribution in [0, 0.1) is 29.3 Å². The number of halogens is 6. The molecule has 0 aliphatic rings. The third-order valence-electron chi connectivity index (χ3n) is 6.48. The predicted molar refractivity (Wildman–Crippen MR) is 138 cm³/mol. The van der Waals surface area contributed by atoms with E-state index in [1.54, 1.807) is 12.1 Å². The standard InChI is InChI=1S/C32H26F6/c1-2-3-4-5-21-6-8-22(9-7-21)10-11-23-13-17-27-26(18-23)16-15-25(31(27)35)14-12-24-19-28(33)30(29(34)20-24)32(36,37)38/h6-9,13,15-20H,2-5,10-11H2,1H3. The number of unbranched alkanes of at least 4 members (excludes halogenated alkanes) is 2. The van der Waals surface area contributed by atoms with Crippen molar-refractivity contribution in [2.45, 2.75) is 51.6 Å². The molecule has 0 unspecified atom stereocenters. The van der Waals surface area contributed by atoms with Gasteiger partial charge in [-0.2, -0.15) is 13.2 Å². The molecule has 0 bridgehead atoms. The fraction of sp³-hybridized carbons (Fsp3) is 0.250. The van der Waals surface area contributed by atoms with E-state index in [0.29, 0.717) is 22.9 Å². The Balaban J connectivity index is 1.47. The molecule has 0 saturated carbocycles. The van der Waals surface area contributed by atoms with Crippen molar-refractivity contribution in [3.05, 3.63) is 118 Å². The lowest BCUT2D eigenvalue weighted by Gasteiger charge is -2.09. The highest BCUT2D eigenvalue weighted by Gasteiger charge is 2.37. The molecule has 4 rings (SSSR count). The van der Waals surface area contributed by atoms with Gasteiger partial charge in [-0.05, 0) is 66.0 Å². The average molecular weight is 525 g/mol. The van der Waals surface area contributed by atoms with Gasteiger partial charge in [0.05, 0.1) is 5.56 Å². The Morgan fingerprint density at radius 2 is 1.26 bits per heavy atom. The van der Waals surface area contributed by atoms with Gasteiger partial charge in [0.1, 0.15) is 23.0 Å². The topological polar surface area (TPSA) is 0 Å². The smallest absolute Gasteiger partial charge is 0.206 e. The molecule has 0 radical (unpaired) electrons. The van der Waals surface area contributed by atoms with Crippen LogP contribution >= 0.6 is 0 Å². The predicted octanol–water partition coefficient (Wildman–Crippen LogP) is 9.19. The number of hydrogen-bond donors (Lipinski definition) is 0. The zero-order valence-electron chi connectivity index (χ0n) is 20.9. The van der Waals surface area contributed by atoms with Crippen molar-refractivity contribution in [1.29, 1.82) is 0 Å². The van der Waals surface area contributed by atoms with Crippen LogP contribution in [0.25, 0.3) is 10.8 Å². The average Bonchev–Trinajstić information content (AvgIpc) is 2.87. The Bertz CT molecular complexity index is 1460. The van der Waals surface area contributed by atoms with Gasteiger partial charge in [-0.15, -0.1) is 0 Å². The summed E-state index contributed by atoms with van der Waals surface area (Å²) in [7, 11) is 0. The number of aryl methyl sites for hydroxylation is 3. The summed E-state index contributed by atoms with van der Waals surface area (Å²) in [6.45, 7) is 2.19. The lowest BCUT2D eigenvalue weighted by Crippen LogP contribution is -2.11. The van der Waals surface area contributed by atoms with Crippen LogP contribution in [0.3, 0.4) is 0 Å². The van der Waals surface area contributed by atoms with E-state index in [2.05, 4.69) is 43.0 Å². The number of hydrogen-bond acceptors (Lipinski definition) is 0.